The summed E-state index contributed by atoms with van der Waals surface area (Å²) in [5, 5.41) is 13.0. The zero-order valence-electron chi connectivity index (χ0n) is 19.6. The first-order chi connectivity index (χ1) is 17.9. The number of nitrogens with zero attached hydrogens (tertiary/aromatic N) is 7. The number of piperazine rings is 1. The third-order valence-electron chi connectivity index (χ3n) is 6.64. The molecule has 1 fully saturated rings. The second-order valence-electron chi connectivity index (χ2n) is 8.93. The molecule has 5 heterocycles. The standard InChI is InChI=1S/C22H23ClN8O4S2/c23-15-1-2-17-14(9-15)10-20(25-17)37(33,34)30-6-7-31(16(11-30)3-5-29-13-24-27-28-29)22(32)21-26-18-4-8-35-12-19(18)36-21/h1-2,9-10,13,16,25H,3-8,11-12H2. The quantitative estimate of drug-likeness (QED) is 0.376. The number of sulfonamides is 1. The Morgan fingerprint density at radius 2 is 2.16 bits per heavy atom. The maximum absolute atomic E-state index is 13.6. The lowest BCUT2D eigenvalue weighted by atomic mass is 10.1. The first-order valence-electron chi connectivity index (χ1n) is 11.7. The summed E-state index contributed by atoms with van der Waals surface area (Å²) < 4.78 is 35.7. The van der Waals surface area contributed by atoms with Crippen molar-refractivity contribution in [3.05, 3.63) is 51.2 Å². The fourth-order valence-corrected chi connectivity index (χ4v) is 7.38. The number of rotatable bonds is 6. The predicted octanol–water partition coefficient (Wildman–Crippen LogP) is 1.94. The summed E-state index contributed by atoms with van der Waals surface area (Å²) in [5.74, 6) is -0.196. The van der Waals surface area contributed by atoms with Crippen molar-refractivity contribution in [1.82, 2.24) is 39.4 Å². The van der Waals surface area contributed by atoms with Gasteiger partial charge in [-0.25, -0.2) is 18.1 Å². The van der Waals surface area contributed by atoms with Gasteiger partial charge in [-0.15, -0.1) is 16.4 Å². The fraction of sp³-hybridized carbons (Fsp3) is 0.409. The van der Waals surface area contributed by atoms with Crippen LogP contribution in [-0.4, -0.2) is 86.0 Å². The summed E-state index contributed by atoms with van der Waals surface area (Å²) in [5.41, 5.74) is 1.59. The number of halogens is 1. The van der Waals surface area contributed by atoms with Gasteiger partial charge in [-0.05, 0) is 41.1 Å². The number of H-pyrrole nitrogens is 1. The first-order valence-corrected chi connectivity index (χ1v) is 14.4. The number of ether oxygens (including phenoxy) is 1. The molecule has 194 valence electrons. The molecule has 0 radical (unpaired) electrons. The average Bonchev–Trinajstić information content (AvgIpc) is 3.66. The van der Waals surface area contributed by atoms with Gasteiger partial charge in [0.05, 0.1) is 23.8 Å². The number of aryl methyl sites for hydroxylation is 1. The number of carbonyl (C=O) groups excluding carboxylic acids is 1. The molecule has 12 nitrogen and oxygen atoms in total. The van der Waals surface area contributed by atoms with E-state index in [1.807, 2.05) is 0 Å². The maximum atomic E-state index is 13.6. The second kappa shape index (κ2) is 9.76. The van der Waals surface area contributed by atoms with Crippen LogP contribution in [0.25, 0.3) is 10.9 Å². The minimum absolute atomic E-state index is 0.0939. The molecule has 1 aromatic carbocycles. The van der Waals surface area contributed by atoms with E-state index in [-0.39, 0.29) is 30.6 Å². The molecule has 1 atom stereocenters. The molecule has 2 aliphatic rings. The van der Waals surface area contributed by atoms with Gasteiger partial charge in [-0.3, -0.25) is 4.79 Å². The van der Waals surface area contributed by atoms with Crippen molar-refractivity contribution >= 4 is 49.8 Å². The van der Waals surface area contributed by atoms with Crippen LogP contribution in [0.5, 0.6) is 0 Å². The third-order valence-corrected chi connectivity index (χ3v) is 9.72. The smallest absolute Gasteiger partial charge is 0.283 e. The van der Waals surface area contributed by atoms with E-state index in [4.69, 9.17) is 16.3 Å². The van der Waals surface area contributed by atoms with E-state index in [9.17, 15) is 13.2 Å². The maximum Gasteiger partial charge on any atom is 0.283 e. The number of tetrazole rings is 1. The van der Waals surface area contributed by atoms with Gasteiger partial charge >= 0.3 is 0 Å². The second-order valence-corrected chi connectivity index (χ2v) is 12.4. The lowest BCUT2D eigenvalue weighted by molar-refractivity contribution is 0.0541. The van der Waals surface area contributed by atoms with E-state index in [1.54, 1.807) is 33.8 Å². The van der Waals surface area contributed by atoms with Gasteiger partial charge in [-0.2, -0.15) is 4.31 Å². The van der Waals surface area contributed by atoms with Crippen molar-refractivity contribution in [2.45, 2.75) is 37.1 Å². The monoisotopic (exact) mass is 562 g/mol. The van der Waals surface area contributed by atoms with Crippen LogP contribution in [0.2, 0.25) is 5.02 Å². The van der Waals surface area contributed by atoms with Crippen molar-refractivity contribution in [2.24, 2.45) is 0 Å². The number of aromatic amines is 1. The zero-order valence-corrected chi connectivity index (χ0v) is 22.0. The number of thiazole rings is 1. The molecule has 0 saturated carbocycles. The summed E-state index contributed by atoms with van der Waals surface area (Å²) in [6.07, 6.45) is 2.65. The van der Waals surface area contributed by atoms with Gasteiger partial charge in [0, 0.05) is 54.6 Å². The highest BCUT2D eigenvalue weighted by Crippen LogP contribution is 2.29. The molecule has 6 rings (SSSR count). The van der Waals surface area contributed by atoms with Gasteiger partial charge in [0.1, 0.15) is 11.4 Å². The molecule has 1 unspecified atom stereocenters. The van der Waals surface area contributed by atoms with Gasteiger partial charge in [0.25, 0.3) is 15.9 Å². The summed E-state index contributed by atoms with van der Waals surface area (Å²) in [6.45, 7) is 2.04. The number of hydrogen-bond acceptors (Lipinski definition) is 9. The summed E-state index contributed by atoms with van der Waals surface area (Å²) in [7, 11) is -3.84. The summed E-state index contributed by atoms with van der Waals surface area (Å²) in [6, 6.07) is 6.37. The Labute approximate surface area is 221 Å². The Kier molecular flexibility index (Phi) is 6.44. The van der Waals surface area contributed by atoms with Crippen molar-refractivity contribution < 1.29 is 17.9 Å². The van der Waals surface area contributed by atoms with Crippen LogP contribution in [0, 0.1) is 0 Å². The van der Waals surface area contributed by atoms with Gasteiger partial charge in [0.2, 0.25) is 0 Å². The minimum atomic E-state index is -3.84. The number of nitrogens with one attached hydrogen (secondary N) is 1. The number of hydrogen-bond donors (Lipinski definition) is 1. The third kappa shape index (κ3) is 4.75. The molecule has 0 spiro atoms. The zero-order chi connectivity index (χ0) is 25.6. The molecule has 1 amide bonds. The lowest BCUT2D eigenvalue weighted by Crippen LogP contribution is -2.56. The van der Waals surface area contributed by atoms with Gasteiger partial charge in [0.15, 0.2) is 5.01 Å². The average molecular weight is 563 g/mol. The van der Waals surface area contributed by atoms with Crippen LogP contribution in [0.4, 0.5) is 0 Å². The Hall–Kier alpha value is -2.91. The van der Waals surface area contributed by atoms with Crippen LogP contribution in [0.15, 0.2) is 35.6 Å². The largest absolute Gasteiger partial charge is 0.375 e. The number of fused-ring (bicyclic) bond motifs is 2. The molecule has 37 heavy (non-hydrogen) atoms. The predicted molar refractivity (Wildman–Crippen MR) is 135 cm³/mol. The van der Waals surface area contributed by atoms with E-state index < -0.39 is 16.1 Å². The molecule has 1 N–H and O–H groups in total. The van der Waals surface area contributed by atoms with Crippen LogP contribution in [0.1, 0.15) is 26.8 Å². The van der Waals surface area contributed by atoms with Crippen LogP contribution >= 0.6 is 22.9 Å². The van der Waals surface area contributed by atoms with Crippen LogP contribution in [-0.2, 0) is 34.3 Å². The molecule has 3 aromatic heterocycles. The Bertz CT molecular complexity index is 1530. The van der Waals surface area contributed by atoms with E-state index in [1.165, 1.54) is 22.0 Å². The molecule has 0 bridgehead atoms. The highest BCUT2D eigenvalue weighted by atomic mass is 35.5. The molecule has 0 aliphatic carbocycles. The summed E-state index contributed by atoms with van der Waals surface area (Å²) >= 11 is 7.43. The van der Waals surface area contributed by atoms with E-state index in [2.05, 4.69) is 25.5 Å². The topological polar surface area (TPSA) is 139 Å². The number of aromatic nitrogens is 6. The van der Waals surface area contributed by atoms with Crippen LogP contribution < -0.4 is 0 Å². The first kappa shape index (κ1) is 24.4. The highest BCUT2D eigenvalue weighted by molar-refractivity contribution is 7.89. The van der Waals surface area contributed by atoms with E-state index in [0.717, 1.165) is 10.6 Å². The Balaban J connectivity index is 1.26. The number of amides is 1. The van der Waals surface area contributed by atoms with E-state index in [0.29, 0.717) is 53.5 Å². The van der Waals surface area contributed by atoms with Gasteiger partial charge < -0.3 is 14.6 Å². The Morgan fingerprint density at radius 1 is 1.27 bits per heavy atom. The van der Waals surface area contributed by atoms with Crippen molar-refractivity contribution in [3.63, 3.8) is 0 Å². The van der Waals surface area contributed by atoms with Crippen molar-refractivity contribution in [1.29, 1.82) is 0 Å². The molecule has 15 heteroatoms. The van der Waals surface area contributed by atoms with Gasteiger partial charge in [-0.1, -0.05) is 11.6 Å². The number of carbonyl (C=O) groups is 1. The number of benzene rings is 1. The van der Waals surface area contributed by atoms with Crippen molar-refractivity contribution in [3.8, 4) is 0 Å². The Morgan fingerprint density at radius 3 is 2.97 bits per heavy atom. The summed E-state index contributed by atoms with van der Waals surface area (Å²) in [4.78, 5) is 23.8. The van der Waals surface area contributed by atoms with Crippen LogP contribution in [0.3, 0.4) is 0 Å². The molecule has 2 aliphatic heterocycles. The van der Waals surface area contributed by atoms with Crippen molar-refractivity contribution in [2.75, 3.05) is 26.2 Å². The molecule has 4 aromatic rings. The molecular formula is C22H23ClN8O4S2. The molecule has 1 saturated heterocycles. The fourth-order valence-electron chi connectivity index (χ4n) is 4.72. The lowest BCUT2D eigenvalue weighted by Gasteiger charge is -2.40. The van der Waals surface area contributed by atoms with E-state index >= 15 is 0 Å². The minimum Gasteiger partial charge on any atom is -0.375 e. The SMILES string of the molecule is O=C(c1nc2c(s1)COCC2)N1CCN(S(=O)(=O)c2cc3cc(Cl)ccc3[nH]2)CC1CCn1cnnn1. The highest BCUT2D eigenvalue weighted by Gasteiger charge is 2.38. The molecular weight excluding hydrogens is 540 g/mol. The normalized spacial score (nSPS) is 18.8.